The zero-order valence-corrected chi connectivity index (χ0v) is 10.3. The first-order valence-electron chi connectivity index (χ1n) is 5.98. The lowest BCUT2D eigenvalue weighted by molar-refractivity contribution is 0.626. The van der Waals surface area contributed by atoms with Crippen LogP contribution in [0.2, 0.25) is 0 Å². The predicted molar refractivity (Wildman–Crippen MR) is 69.9 cm³/mol. The van der Waals surface area contributed by atoms with E-state index < -0.39 is 0 Å². The molecule has 5 heteroatoms. The fourth-order valence-corrected chi connectivity index (χ4v) is 1.89. The Balaban J connectivity index is 2.13. The van der Waals surface area contributed by atoms with Crippen molar-refractivity contribution >= 4 is 16.9 Å². The summed E-state index contributed by atoms with van der Waals surface area (Å²) >= 11 is 0. The van der Waals surface area contributed by atoms with Gasteiger partial charge in [0, 0.05) is 25.8 Å². The maximum absolute atomic E-state index is 5.97. The second-order valence-corrected chi connectivity index (χ2v) is 4.31. The minimum Gasteiger partial charge on any atom is -0.367 e. The maximum atomic E-state index is 5.97. The Morgan fingerprint density at radius 3 is 3.06 bits per heavy atom. The summed E-state index contributed by atoms with van der Waals surface area (Å²) in [7, 11) is 1.97. The number of aryl methyl sites for hydroxylation is 1. The first kappa shape index (κ1) is 11.9. The third kappa shape index (κ3) is 2.55. The Labute approximate surface area is 101 Å². The van der Waals surface area contributed by atoms with E-state index in [1.807, 2.05) is 17.7 Å². The van der Waals surface area contributed by atoms with E-state index in [0.717, 1.165) is 36.2 Å². The molecule has 1 atom stereocenters. The van der Waals surface area contributed by atoms with Crippen LogP contribution in [0.1, 0.15) is 19.8 Å². The highest BCUT2D eigenvalue weighted by Crippen LogP contribution is 2.18. The molecule has 0 aliphatic rings. The van der Waals surface area contributed by atoms with E-state index in [4.69, 9.17) is 5.73 Å². The van der Waals surface area contributed by atoms with Crippen LogP contribution < -0.4 is 11.1 Å². The molecular weight excluding hydrogens is 214 g/mol. The van der Waals surface area contributed by atoms with Gasteiger partial charge >= 0.3 is 0 Å². The van der Waals surface area contributed by atoms with Gasteiger partial charge in [-0.1, -0.05) is 13.3 Å². The third-order valence-corrected chi connectivity index (χ3v) is 2.83. The van der Waals surface area contributed by atoms with E-state index >= 15 is 0 Å². The van der Waals surface area contributed by atoms with Crippen molar-refractivity contribution in [1.29, 1.82) is 0 Å². The number of hydrogen-bond donors (Lipinski definition) is 2. The summed E-state index contributed by atoms with van der Waals surface area (Å²) in [6, 6.07) is 2.13. The molecule has 0 spiro atoms. The minimum atomic E-state index is 0.167. The van der Waals surface area contributed by atoms with Crippen LogP contribution >= 0.6 is 0 Å². The number of imidazole rings is 1. The van der Waals surface area contributed by atoms with Crippen LogP contribution in [0.25, 0.3) is 11.0 Å². The molecule has 0 bridgehead atoms. The van der Waals surface area contributed by atoms with Gasteiger partial charge in [0.1, 0.15) is 5.52 Å². The van der Waals surface area contributed by atoms with E-state index in [2.05, 4.69) is 22.2 Å². The van der Waals surface area contributed by atoms with Gasteiger partial charge in [-0.25, -0.2) is 9.97 Å². The smallest absolute Gasteiger partial charge is 0.154 e. The van der Waals surface area contributed by atoms with Crippen LogP contribution in [0.15, 0.2) is 18.6 Å². The Hall–Kier alpha value is -1.62. The molecule has 2 rings (SSSR count). The number of nitrogens with two attached hydrogens (primary N) is 1. The Morgan fingerprint density at radius 2 is 2.29 bits per heavy atom. The zero-order valence-electron chi connectivity index (χ0n) is 10.3. The number of rotatable bonds is 5. The molecule has 92 valence electrons. The SMILES string of the molecule is CCCC(N)CNc1nccc2c1ncn2C. The summed E-state index contributed by atoms with van der Waals surface area (Å²) in [5.74, 6) is 0.814. The third-order valence-electron chi connectivity index (χ3n) is 2.83. The molecule has 0 amide bonds. The normalized spacial score (nSPS) is 12.9. The molecule has 2 heterocycles. The second kappa shape index (κ2) is 5.14. The summed E-state index contributed by atoms with van der Waals surface area (Å²) in [5, 5.41) is 3.27. The second-order valence-electron chi connectivity index (χ2n) is 4.31. The van der Waals surface area contributed by atoms with Gasteiger partial charge in [0.15, 0.2) is 5.82 Å². The lowest BCUT2D eigenvalue weighted by Gasteiger charge is -2.12. The number of anilines is 1. The molecule has 2 aromatic rings. The maximum Gasteiger partial charge on any atom is 0.154 e. The van der Waals surface area contributed by atoms with Crippen LogP contribution in [0.4, 0.5) is 5.82 Å². The molecule has 0 fully saturated rings. The summed E-state index contributed by atoms with van der Waals surface area (Å²) < 4.78 is 1.98. The average molecular weight is 233 g/mol. The molecule has 0 saturated heterocycles. The number of nitrogens with zero attached hydrogens (tertiary/aromatic N) is 3. The van der Waals surface area contributed by atoms with Crippen molar-refractivity contribution in [2.45, 2.75) is 25.8 Å². The number of fused-ring (bicyclic) bond motifs is 1. The summed E-state index contributed by atoms with van der Waals surface area (Å²) in [5.41, 5.74) is 7.94. The summed E-state index contributed by atoms with van der Waals surface area (Å²) in [6.45, 7) is 2.87. The molecule has 0 saturated carbocycles. The molecule has 0 aliphatic heterocycles. The van der Waals surface area contributed by atoms with Gasteiger partial charge < -0.3 is 15.6 Å². The van der Waals surface area contributed by atoms with Crippen LogP contribution in [0, 0.1) is 0 Å². The highest BCUT2D eigenvalue weighted by Gasteiger charge is 2.07. The van der Waals surface area contributed by atoms with Crippen molar-refractivity contribution in [3.63, 3.8) is 0 Å². The topological polar surface area (TPSA) is 68.8 Å². The lowest BCUT2D eigenvalue weighted by Crippen LogP contribution is -2.29. The van der Waals surface area contributed by atoms with Crippen LogP contribution in [0.3, 0.4) is 0 Å². The standard InChI is InChI=1S/C12H19N5/c1-3-4-9(13)7-15-12-11-10(5-6-14-12)17(2)8-16-11/h5-6,8-9H,3-4,7,13H2,1-2H3,(H,14,15). The van der Waals surface area contributed by atoms with Crippen molar-refractivity contribution in [1.82, 2.24) is 14.5 Å². The number of pyridine rings is 1. The van der Waals surface area contributed by atoms with Gasteiger partial charge in [-0.15, -0.1) is 0 Å². The predicted octanol–water partition coefficient (Wildman–Crippen LogP) is 1.51. The van der Waals surface area contributed by atoms with Crippen LogP contribution in [-0.2, 0) is 7.05 Å². The van der Waals surface area contributed by atoms with Crippen molar-refractivity contribution in [3.8, 4) is 0 Å². The lowest BCUT2D eigenvalue weighted by atomic mass is 10.2. The van der Waals surface area contributed by atoms with Crippen molar-refractivity contribution in [2.24, 2.45) is 12.8 Å². The van der Waals surface area contributed by atoms with Crippen LogP contribution in [0.5, 0.6) is 0 Å². The van der Waals surface area contributed by atoms with Gasteiger partial charge in [-0.2, -0.15) is 0 Å². The van der Waals surface area contributed by atoms with E-state index in [1.54, 1.807) is 12.5 Å². The summed E-state index contributed by atoms with van der Waals surface area (Å²) in [6.07, 6.45) is 5.70. The molecule has 2 aromatic heterocycles. The number of hydrogen-bond acceptors (Lipinski definition) is 4. The first-order chi connectivity index (χ1) is 8.22. The molecule has 0 aromatic carbocycles. The largest absolute Gasteiger partial charge is 0.367 e. The van der Waals surface area contributed by atoms with Crippen molar-refractivity contribution < 1.29 is 0 Å². The Bertz CT molecular complexity index is 491. The highest BCUT2D eigenvalue weighted by atomic mass is 15.1. The fraction of sp³-hybridized carbons (Fsp3) is 0.500. The zero-order chi connectivity index (χ0) is 12.3. The van der Waals surface area contributed by atoms with Crippen molar-refractivity contribution in [3.05, 3.63) is 18.6 Å². The van der Waals surface area contributed by atoms with Gasteiger partial charge in [0.25, 0.3) is 0 Å². The molecule has 17 heavy (non-hydrogen) atoms. The average Bonchev–Trinajstić information content (AvgIpc) is 2.70. The van der Waals surface area contributed by atoms with Gasteiger partial charge in [-0.05, 0) is 12.5 Å². The summed E-state index contributed by atoms with van der Waals surface area (Å²) in [4.78, 5) is 8.65. The quantitative estimate of drug-likeness (QED) is 0.821. The van der Waals surface area contributed by atoms with Crippen molar-refractivity contribution in [2.75, 3.05) is 11.9 Å². The van der Waals surface area contributed by atoms with Gasteiger partial charge in [0.2, 0.25) is 0 Å². The highest BCUT2D eigenvalue weighted by molar-refractivity contribution is 5.85. The van der Waals surface area contributed by atoms with E-state index in [-0.39, 0.29) is 6.04 Å². The Kier molecular flexibility index (Phi) is 3.58. The molecule has 0 aliphatic carbocycles. The van der Waals surface area contributed by atoms with E-state index in [0.29, 0.717) is 0 Å². The molecule has 1 unspecified atom stereocenters. The van der Waals surface area contributed by atoms with E-state index in [9.17, 15) is 0 Å². The van der Waals surface area contributed by atoms with Crippen LogP contribution in [-0.4, -0.2) is 27.1 Å². The van der Waals surface area contributed by atoms with Gasteiger partial charge in [-0.3, -0.25) is 0 Å². The fourth-order valence-electron chi connectivity index (χ4n) is 1.89. The van der Waals surface area contributed by atoms with Gasteiger partial charge in [0.05, 0.1) is 11.8 Å². The van der Waals surface area contributed by atoms with E-state index in [1.165, 1.54) is 0 Å². The molecular formula is C12H19N5. The Morgan fingerprint density at radius 1 is 1.47 bits per heavy atom. The number of aromatic nitrogens is 3. The minimum absolute atomic E-state index is 0.167. The molecule has 0 radical (unpaired) electrons. The molecule has 3 N–H and O–H groups in total. The first-order valence-corrected chi connectivity index (χ1v) is 5.98. The number of nitrogens with one attached hydrogen (secondary N) is 1. The monoisotopic (exact) mass is 233 g/mol. The molecule has 5 nitrogen and oxygen atoms in total.